The van der Waals surface area contributed by atoms with Crippen LogP contribution >= 0.6 is 0 Å². The molecule has 6 heteroatoms. The lowest BCUT2D eigenvalue weighted by atomic mass is 10.2. The minimum atomic E-state index is 0. The first-order chi connectivity index (χ1) is 9.29. The van der Waals surface area contributed by atoms with Crippen LogP contribution in [0.25, 0.3) is 0 Å². The van der Waals surface area contributed by atoms with E-state index in [2.05, 4.69) is 10.3 Å². The van der Waals surface area contributed by atoms with Gasteiger partial charge in [0.2, 0.25) is 0 Å². The van der Waals surface area contributed by atoms with Gasteiger partial charge in [0.05, 0.1) is 12.3 Å². The minimum absolute atomic E-state index is 0. The third kappa shape index (κ3) is 6.21. The van der Waals surface area contributed by atoms with Gasteiger partial charge in [0, 0.05) is 19.3 Å². The molecule has 0 aliphatic carbocycles. The normalized spacial score (nSPS) is 9.38. The van der Waals surface area contributed by atoms with E-state index in [1.165, 1.54) is 0 Å². The number of nitrogens with zero attached hydrogens (tertiary/aromatic N) is 1. The van der Waals surface area contributed by atoms with Crippen LogP contribution in [0.5, 0.6) is 11.5 Å². The Bertz CT molecular complexity index is 524. The predicted molar refractivity (Wildman–Crippen MR) is 74.1 cm³/mol. The molecule has 1 aromatic heterocycles. The van der Waals surface area contributed by atoms with Crippen molar-refractivity contribution in [3.05, 3.63) is 53.9 Å². The van der Waals surface area contributed by atoms with E-state index in [4.69, 9.17) is 4.74 Å². The van der Waals surface area contributed by atoms with Gasteiger partial charge in [-0.3, -0.25) is 4.98 Å². The molecule has 0 bridgehead atoms. The summed E-state index contributed by atoms with van der Waals surface area (Å²) in [6, 6.07) is 11.2. The lowest BCUT2D eigenvalue weighted by Crippen LogP contribution is -3.00. The molecule has 0 atom stereocenters. The molecule has 0 radical (unpaired) electrons. The van der Waals surface area contributed by atoms with Crippen LogP contribution < -0.4 is 34.9 Å². The maximum atomic E-state index is 9.61. The summed E-state index contributed by atoms with van der Waals surface area (Å²) >= 11 is 0. The van der Waals surface area contributed by atoms with Gasteiger partial charge < -0.3 is 40.0 Å². The number of halogens is 2. The highest BCUT2D eigenvalue weighted by Gasteiger charge is 2.03. The molecule has 1 heterocycles. The van der Waals surface area contributed by atoms with Gasteiger partial charge in [0.25, 0.3) is 0 Å². The summed E-state index contributed by atoms with van der Waals surface area (Å²) in [6.45, 7) is 3.85. The van der Waals surface area contributed by atoms with E-state index in [1.54, 1.807) is 12.3 Å². The van der Waals surface area contributed by atoms with E-state index in [0.29, 0.717) is 25.4 Å². The molecule has 0 saturated carbocycles. The quantitative estimate of drug-likeness (QED) is 0.577. The summed E-state index contributed by atoms with van der Waals surface area (Å²) < 4.78 is 5.35. The van der Waals surface area contributed by atoms with Gasteiger partial charge in [0.15, 0.2) is 11.5 Å². The van der Waals surface area contributed by atoms with Crippen molar-refractivity contribution in [1.29, 1.82) is 0 Å². The SMILES string of the molecule is CCOc1cc(CNCc2ccccn2)ccc1O.[Cl-].[Cl-]. The predicted octanol–water partition coefficient (Wildman–Crippen LogP) is -3.52. The summed E-state index contributed by atoms with van der Waals surface area (Å²) in [6.07, 6.45) is 1.78. The fraction of sp³-hybridized carbons (Fsp3) is 0.267. The summed E-state index contributed by atoms with van der Waals surface area (Å²) in [5, 5.41) is 12.9. The molecular formula is C15H18Cl2N2O2-2. The maximum absolute atomic E-state index is 9.61. The van der Waals surface area contributed by atoms with Crippen LogP contribution in [-0.2, 0) is 13.1 Å². The molecule has 21 heavy (non-hydrogen) atoms. The molecule has 2 N–H and O–H groups in total. The molecule has 2 rings (SSSR count). The van der Waals surface area contributed by atoms with Crippen molar-refractivity contribution >= 4 is 0 Å². The first-order valence-corrected chi connectivity index (χ1v) is 6.35. The van der Waals surface area contributed by atoms with Gasteiger partial charge >= 0.3 is 0 Å². The van der Waals surface area contributed by atoms with E-state index < -0.39 is 0 Å². The van der Waals surface area contributed by atoms with Crippen molar-refractivity contribution in [3.63, 3.8) is 0 Å². The maximum Gasteiger partial charge on any atom is 0.161 e. The average Bonchev–Trinajstić information content (AvgIpc) is 2.44. The van der Waals surface area contributed by atoms with Gasteiger partial charge in [-0.05, 0) is 36.8 Å². The molecule has 2 aromatic rings. The van der Waals surface area contributed by atoms with Crippen molar-refractivity contribution in [1.82, 2.24) is 10.3 Å². The Morgan fingerprint density at radius 3 is 2.62 bits per heavy atom. The highest BCUT2D eigenvalue weighted by molar-refractivity contribution is 5.41. The number of phenolic OH excluding ortho intramolecular Hbond substituents is 1. The van der Waals surface area contributed by atoms with E-state index >= 15 is 0 Å². The van der Waals surface area contributed by atoms with Crippen LogP contribution in [0, 0.1) is 0 Å². The minimum Gasteiger partial charge on any atom is -1.00 e. The lowest BCUT2D eigenvalue weighted by molar-refractivity contribution is -0.001000. The van der Waals surface area contributed by atoms with Crippen LogP contribution in [0.3, 0.4) is 0 Å². The number of aromatic nitrogens is 1. The molecule has 0 aliphatic rings. The van der Waals surface area contributed by atoms with Crippen LogP contribution in [0.1, 0.15) is 18.2 Å². The van der Waals surface area contributed by atoms with Crippen molar-refractivity contribution < 1.29 is 34.7 Å². The van der Waals surface area contributed by atoms with E-state index in [9.17, 15) is 5.11 Å². The van der Waals surface area contributed by atoms with Crippen LogP contribution in [0.15, 0.2) is 42.6 Å². The Kier molecular flexibility index (Phi) is 9.54. The molecule has 0 saturated heterocycles. The number of ether oxygens (including phenoxy) is 1. The standard InChI is InChI=1S/C15H18N2O2.2ClH/c1-2-19-15-9-12(6-7-14(15)18)10-16-11-13-5-3-4-8-17-13;;/h3-9,16,18H,2,10-11H2,1H3;2*1H/p-2. The summed E-state index contributed by atoms with van der Waals surface area (Å²) in [5.41, 5.74) is 2.07. The molecule has 0 fully saturated rings. The van der Waals surface area contributed by atoms with Gasteiger partial charge in [-0.25, -0.2) is 0 Å². The van der Waals surface area contributed by atoms with Crippen molar-refractivity contribution in [2.75, 3.05) is 6.61 Å². The fourth-order valence-corrected chi connectivity index (χ4v) is 1.78. The van der Waals surface area contributed by atoms with Crippen LogP contribution in [0.4, 0.5) is 0 Å². The zero-order valence-electron chi connectivity index (χ0n) is 11.7. The Morgan fingerprint density at radius 1 is 1.14 bits per heavy atom. The van der Waals surface area contributed by atoms with Crippen molar-refractivity contribution in [2.24, 2.45) is 0 Å². The highest BCUT2D eigenvalue weighted by atomic mass is 35.5. The second-order valence-corrected chi connectivity index (χ2v) is 4.16. The zero-order chi connectivity index (χ0) is 13.5. The largest absolute Gasteiger partial charge is 1.00 e. The zero-order valence-corrected chi connectivity index (χ0v) is 13.2. The second kappa shape index (κ2) is 10.3. The van der Waals surface area contributed by atoms with E-state index in [-0.39, 0.29) is 30.6 Å². The number of benzene rings is 1. The molecule has 0 unspecified atom stereocenters. The number of aromatic hydroxyl groups is 1. The fourth-order valence-electron chi connectivity index (χ4n) is 1.78. The Labute approximate surface area is 137 Å². The number of rotatable bonds is 6. The van der Waals surface area contributed by atoms with E-state index in [0.717, 1.165) is 11.3 Å². The summed E-state index contributed by atoms with van der Waals surface area (Å²) in [7, 11) is 0. The summed E-state index contributed by atoms with van der Waals surface area (Å²) in [5.74, 6) is 0.704. The molecule has 0 amide bonds. The number of pyridine rings is 1. The molecule has 116 valence electrons. The smallest absolute Gasteiger partial charge is 0.161 e. The molecule has 4 nitrogen and oxygen atoms in total. The first-order valence-electron chi connectivity index (χ1n) is 6.35. The van der Waals surface area contributed by atoms with Gasteiger partial charge in [-0.1, -0.05) is 12.1 Å². The lowest BCUT2D eigenvalue weighted by Gasteiger charge is -2.09. The number of hydrogen-bond acceptors (Lipinski definition) is 4. The number of phenols is 1. The molecule has 0 aliphatic heterocycles. The third-order valence-electron chi connectivity index (χ3n) is 2.69. The van der Waals surface area contributed by atoms with Crippen molar-refractivity contribution in [2.45, 2.75) is 20.0 Å². The van der Waals surface area contributed by atoms with Gasteiger partial charge in [0.1, 0.15) is 0 Å². The highest BCUT2D eigenvalue weighted by Crippen LogP contribution is 2.26. The Morgan fingerprint density at radius 2 is 1.95 bits per heavy atom. The number of nitrogens with one attached hydrogen (secondary N) is 1. The Hall–Kier alpha value is -1.49. The van der Waals surface area contributed by atoms with E-state index in [1.807, 2.05) is 37.3 Å². The molecular weight excluding hydrogens is 311 g/mol. The Balaban J connectivity index is 0.00000200. The van der Waals surface area contributed by atoms with Crippen LogP contribution in [0.2, 0.25) is 0 Å². The first kappa shape index (κ1) is 19.5. The number of hydrogen-bond donors (Lipinski definition) is 2. The monoisotopic (exact) mass is 328 g/mol. The molecule has 0 spiro atoms. The third-order valence-corrected chi connectivity index (χ3v) is 2.69. The van der Waals surface area contributed by atoms with Crippen LogP contribution in [-0.4, -0.2) is 16.7 Å². The van der Waals surface area contributed by atoms with Gasteiger partial charge in [-0.15, -0.1) is 0 Å². The van der Waals surface area contributed by atoms with Gasteiger partial charge in [-0.2, -0.15) is 0 Å². The summed E-state index contributed by atoms with van der Waals surface area (Å²) in [4.78, 5) is 4.24. The average molecular weight is 329 g/mol. The van der Waals surface area contributed by atoms with Crippen molar-refractivity contribution in [3.8, 4) is 11.5 Å². The molecule has 1 aromatic carbocycles. The topological polar surface area (TPSA) is 54.4 Å². The second-order valence-electron chi connectivity index (χ2n) is 4.16.